The first-order valence-electron chi connectivity index (χ1n) is 4.31. The molecule has 2 rings (SSSR count). The Morgan fingerprint density at radius 2 is 1.50 bits per heavy atom. The fourth-order valence-electron chi connectivity index (χ4n) is 1.34. The van der Waals surface area contributed by atoms with Gasteiger partial charge in [0.1, 0.15) is 5.82 Å². The highest BCUT2D eigenvalue weighted by atomic mass is 32.1. The summed E-state index contributed by atoms with van der Waals surface area (Å²) in [7, 11) is 0. The Hall–Kier alpha value is -1.28. The Balaban J connectivity index is 2.50. The molecule has 2 aromatic carbocycles. The Bertz CT molecular complexity index is 434. The van der Waals surface area contributed by atoms with E-state index >= 15 is 0 Å². The monoisotopic (exact) mass is 204 g/mol. The van der Waals surface area contributed by atoms with Crippen molar-refractivity contribution >= 4 is 12.6 Å². The molecule has 0 bridgehead atoms. The van der Waals surface area contributed by atoms with Crippen LogP contribution in [0, 0.1) is 5.82 Å². The maximum Gasteiger partial charge on any atom is 0.131 e. The van der Waals surface area contributed by atoms with E-state index in [0.29, 0.717) is 5.56 Å². The molecule has 0 saturated carbocycles. The minimum absolute atomic E-state index is 0.195. The van der Waals surface area contributed by atoms with E-state index in [1.165, 1.54) is 6.07 Å². The normalized spacial score (nSPS) is 10.1. The number of rotatable bonds is 1. The minimum Gasteiger partial charge on any atom is -0.206 e. The van der Waals surface area contributed by atoms with Gasteiger partial charge in [-0.3, -0.25) is 0 Å². The van der Waals surface area contributed by atoms with Crippen LogP contribution in [-0.2, 0) is 0 Å². The topological polar surface area (TPSA) is 0 Å². The molecule has 0 aliphatic carbocycles. The number of benzene rings is 2. The molecular formula is C12H9FS. The lowest BCUT2D eigenvalue weighted by atomic mass is 10.1. The number of halogens is 1. The molecule has 0 fully saturated rings. The second-order valence-corrected chi connectivity index (χ2v) is 3.54. The fourth-order valence-corrected chi connectivity index (χ4v) is 1.49. The molecule has 0 radical (unpaired) electrons. The van der Waals surface area contributed by atoms with Crippen LogP contribution in [0.5, 0.6) is 0 Å². The van der Waals surface area contributed by atoms with Crippen molar-refractivity contribution in [1.29, 1.82) is 0 Å². The zero-order valence-corrected chi connectivity index (χ0v) is 8.34. The Morgan fingerprint density at radius 3 is 2.14 bits per heavy atom. The van der Waals surface area contributed by atoms with Crippen LogP contribution in [0.2, 0.25) is 0 Å². The van der Waals surface area contributed by atoms with Gasteiger partial charge in [-0.15, -0.1) is 12.6 Å². The molecule has 2 heteroatoms. The van der Waals surface area contributed by atoms with Crippen molar-refractivity contribution in [1.82, 2.24) is 0 Å². The average Bonchev–Trinajstić information content (AvgIpc) is 2.20. The van der Waals surface area contributed by atoms with Gasteiger partial charge >= 0.3 is 0 Å². The van der Waals surface area contributed by atoms with Gasteiger partial charge in [0, 0.05) is 10.5 Å². The van der Waals surface area contributed by atoms with Crippen molar-refractivity contribution in [3.05, 3.63) is 54.3 Å². The van der Waals surface area contributed by atoms with Gasteiger partial charge in [0.15, 0.2) is 0 Å². The summed E-state index contributed by atoms with van der Waals surface area (Å²) in [6, 6.07) is 14.2. The highest BCUT2D eigenvalue weighted by molar-refractivity contribution is 7.80. The highest BCUT2D eigenvalue weighted by Gasteiger charge is 2.02. The molecule has 2 aromatic rings. The largest absolute Gasteiger partial charge is 0.206 e. The molecule has 0 aliphatic rings. The SMILES string of the molecule is Fc1ccccc1-c1ccc(S)cc1. The first-order chi connectivity index (χ1) is 6.77. The summed E-state index contributed by atoms with van der Waals surface area (Å²) in [6.45, 7) is 0. The fraction of sp³-hybridized carbons (Fsp3) is 0. The lowest BCUT2D eigenvalue weighted by Crippen LogP contribution is -1.82. The Morgan fingerprint density at radius 1 is 0.857 bits per heavy atom. The zero-order chi connectivity index (χ0) is 9.97. The molecule has 0 spiro atoms. The van der Waals surface area contributed by atoms with Gasteiger partial charge < -0.3 is 0 Å². The number of thiol groups is 1. The highest BCUT2D eigenvalue weighted by Crippen LogP contribution is 2.23. The van der Waals surface area contributed by atoms with Crippen molar-refractivity contribution in [2.24, 2.45) is 0 Å². The smallest absolute Gasteiger partial charge is 0.131 e. The molecule has 0 amide bonds. The van der Waals surface area contributed by atoms with Gasteiger partial charge in [-0.05, 0) is 23.8 Å². The quantitative estimate of drug-likeness (QED) is 0.671. The van der Waals surface area contributed by atoms with E-state index in [1.807, 2.05) is 30.3 Å². The van der Waals surface area contributed by atoms with Crippen molar-refractivity contribution < 1.29 is 4.39 Å². The van der Waals surface area contributed by atoms with Crippen LogP contribution in [-0.4, -0.2) is 0 Å². The first-order valence-corrected chi connectivity index (χ1v) is 4.76. The van der Waals surface area contributed by atoms with Gasteiger partial charge in [-0.2, -0.15) is 0 Å². The summed E-state index contributed by atoms with van der Waals surface area (Å²) in [5.41, 5.74) is 1.50. The average molecular weight is 204 g/mol. The summed E-state index contributed by atoms with van der Waals surface area (Å²) in [5, 5.41) is 0. The summed E-state index contributed by atoms with van der Waals surface area (Å²) < 4.78 is 13.4. The predicted molar refractivity (Wildman–Crippen MR) is 59.1 cm³/mol. The molecule has 0 unspecified atom stereocenters. The molecule has 0 aromatic heterocycles. The predicted octanol–water partition coefficient (Wildman–Crippen LogP) is 3.78. The molecule has 14 heavy (non-hydrogen) atoms. The molecular weight excluding hydrogens is 195 g/mol. The lowest BCUT2D eigenvalue weighted by molar-refractivity contribution is 0.631. The van der Waals surface area contributed by atoms with E-state index in [4.69, 9.17) is 0 Å². The molecule has 0 N–H and O–H groups in total. The van der Waals surface area contributed by atoms with Crippen LogP contribution in [0.3, 0.4) is 0 Å². The van der Waals surface area contributed by atoms with Crippen LogP contribution < -0.4 is 0 Å². The third kappa shape index (κ3) is 1.80. The van der Waals surface area contributed by atoms with Crippen LogP contribution >= 0.6 is 12.6 Å². The van der Waals surface area contributed by atoms with Crippen molar-refractivity contribution in [2.75, 3.05) is 0 Å². The molecule has 0 heterocycles. The van der Waals surface area contributed by atoms with Crippen molar-refractivity contribution in [2.45, 2.75) is 4.90 Å². The molecule has 0 atom stereocenters. The van der Waals surface area contributed by atoms with Crippen molar-refractivity contribution in [3.8, 4) is 11.1 Å². The van der Waals surface area contributed by atoms with Crippen LogP contribution in [0.1, 0.15) is 0 Å². The number of hydrogen-bond acceptors (Lipinski definition) is 1. The third-order valence-corrected chi connectivity index (χ3v) is 2.35. The van der Waals surface area contributed by atoms with E-state index in [9.17, 15) is 4.39 Å². The molecule has 0 nitrogen and oxygen atoms in total. The maximum atomic E-state index is 13.4. The van der Waals surface area contributed by atoms with Gasteiger partial charge in [0.2, 0.25) is 0 Å². The van der Waals surface area contributed by atoms with Crippen LogP contribution in [0.4, 0.5) is 4.39 Å². The molecule has 0 aliphatic heterocycles. The van der Waals surface area contributed by atoms with Crippen molar-refractivity contribution in [3.63, 3.8) is 0 Å². The summed E-state index contributed by atoms with van der Waals surface area (Å²) in [4.78, 5) is 0.880. The van der Waals surface area contributed by atoms with E-state index in [-0.39, 0.29) is 5.82 Å². The summed E-state index contributed by atoms with van der Waals surface area (Å²) >= 11 is 4.18. The number of hydrogen-bond donors (Lipinski definition) is 1. The minimum atomic E-state index is -0.195. The van der Waals surface area contributed by atoms with E-state index in [2.05, 4.69) is 12.6 Å². The van der Waals surface area contributed by atoms with Gasteiger partial charge in [-0.25, -0.2) is 4.39 Å². The molecule has 70 valence electrons. The second kappa shape index (κ2) is 3.84. The van der Waals surface area contributed by atoms with Gasteiger partial charge in [-0.1, -0.05) is 30.3 Å². The van der Waals surface area contributed by atoms with E-state index < -0.39 is 0 Å². The van der Waals surface area contributed by atoms with Crippen LogP contribution in [0.15, 0.2) is 53.4 Å². The Kier molecular flexibility index (Phi) is 2.55. The zero-order valence-electron chi connectivity index (χ0n) is 7.44. The standard InChI is InChI=1S/C12H9FS/c13-12-4-2-1-3-11(12)9-5-7-10(14)8-6-9/h1-8,14H. The second-order valence-electron chi connectivity index (χ2n) is 3.03. The summed E-state index contributed by atoms with van der Waals surface area (Å²) in [5.74, 6) is -0.195. The van der Waals surface area contributed by atoms with E-state index in [1.54, 1.807) is 12.1 Å². The first kappa shape index (κ1) is 9.28. The van der Waals surface area contributed by atoms with Gasteiger partial charge in [0.25, 0.3) is 0 Å². The lowest BCUT2D eigenvalue weighted by Gasteiger charge is -2.02. The van der Waals surface area contributed by atoms with Crippen LogP contribution in [0.25, 0.3) is 11.1 Å². The Labute approximate surface area is 87.8 Å². The molecule has 0 saturated heterocycles. The summed E-state index contributed by atoms with van der Waals surface area (Å²) in [6.07, 6.45) is 0. The maximum absolute atomic E-state index is 13.4. The third-order valence-electron chi connectivity index (χ3n) is 2.05. The van der Waals surface area contributed by atoms with E-state index in [0.717, 1.165) is 10.5 Å². The van der Waals surface area contributed by atoms with Gasteiger partial charge in [0.05, 0.1) is 0 Å².